The maximum Gasteiger partial charge on any atom is 0.333 e. The average Bonchev–Trinajstić information content (AvgIpc) is 3.27. The summed E-state index contributed by atoms with van der Waals surface area (Å²) in [5, 5.41) is 44.2. The predicted molar refractivity (Wildman–Crippen MR) is 221 cm³/mol. The molecule has 12 nitrogen and oxygen atoms in total. The predicted octanol–water partition coefficient (Wildman–Crippen LogP) is 2.54. The minimum atomic E-state index is -1.04. The lowest BCUT2D eigenvalue weighted by Gasteiger charge is -2.63. The van der Waals surface area contributed by atoms with Crippen LogP contribution < -0.4 is 21.7 Å². The first-order chi connectivity index (χ1) is 28.4. The Bertz CT molecular complexity index is 1610. The molecule has 5 saturated heterocycles. The average molecular weight is 824 g/mol. The number of rotatable bonds is 5. The van der Waals surface area contributed by atoms with Gasteiger partial charge in [-0.15, -0.1) is 0 Å². The second kappa shape index (κ2) is 17.1. The molecular formula is C47H75N4O8+. The van der Waals surface area contributed by atoms with Crippen molar-refractivity contribution >= 4 is 11.8 Å². The van der Waals surface area contributed by atoms with Gasteiger partial charge in [0.25, 0.3) is 0 Å². The van der Waals surface area contributed by atoms with E-state index in [4.69, 9.17) is 19.9 Å². The Morgan fingerprint density at radius 2 is 1.80 bits per heavy atom. The monoisotopic (exact) mass is 824 g/mol. The smallest absolute Gasteiger partial charge is 0.333 e. The molecule has 59 heavy (non-hydrogen) atoms. The first kappa shape index (κ1) is 42.6. The zero-order valence-electron chi connectivity index (χ0n) is 36.0. The fourth-order valence-corrected chi connectivity index (χ4v) is 15.0. The van der Waals surface area contributed by atoms with Crippen LogP contribution in [0, 0.1) is 71.0 Å². The molecule has 6 heterocycles. The van der Waals surface area contributed by atoms with E-state index in [0.717, 1.165) is 77.3 Å². The molecule has 9 N–H and O–H groups in total. The number of hydrogen-bond donors (Lipinski definition) is 7. The highest BCUT2D eigenvalue weighted by atomic mass is 16.6. The minimum Gasteiger partial charge on any atom is -0.456 e. The fraction of sp³-hybridized carbons (Fsp3) is 0.872. The van der Waals surface area contributed by atoms with E-state index in [1.807, 2.05) is 6.92 Å². The lowest BCUT2D eigenvalue weighted by atomic mass is 9.52. The molecule has 12 heteroatoms. The zero-order chi connectivity index (χ0) is 41.3. The summed E-state index contributed by atoms with van der Waals surface area (Å²) in [7, 11) is 0. The van der Waals surface area contributed by atoms with Gasteiger partial charge >= 0.3 is 5.97 Å². The van der Waals surface area contributed by atoms with E-state index >= 15 is 0 Å². The van der Waals surface area contributed by atoms with Crippen molar-refractivity contribution < 1.29 is 44.4 Å². The highest BCUT2D eigenvalue weighted by Gasteiger charge is 2.66. The van der Waals surface area contributed by atoms with Crippen molar-refractivity contribution in [1.82, 2.24) is 10.6 Å². The van der Waals surface area contributed by atoms with E-state index in [1.165, 1.54) is 0 Å². The summed E-state index contributed by atoms with van der Waals surface area (Å²) in [6.07, 6.45) is 12.9. The van der Waals surface area contributed by atoms with Gasteiger partial charge in [-0.05, 0) is 146 Å². The second-order valence-corrected chi connectivity index (χ2v) is 21.2. The molecule has 0 radical (unpaired) electrons. The molecular weight excluding hydrogens is 749 g/mol. The van der Waals surface area contributed by atoms with Crippen molar-refractivity contribution in [2.45, 2.75) is 165 Å². The second-order valence-electron chi connectivity index (χ2n) is 21.2. The van der Waals surface area contributed by atoms with Crippen molar-refractivity contribution in [2.24, 2.45) is 76.7 Å². The molecule has 3 saturated carbocycles. The van der Waals surface area contributed by atoms with Gasteiger partial charge in [-0.3, -0.25) is 10.1 Å². The van der Waals surface area contributed by atoms with Crippen LogP contribution in [0.25, 0.3) is 0 Å². The lowest BCUT2D eigenvalue weighted by molar-refractivity contribution is -0.715. The van der Waals surface area contributed by atoms with E-state index in [9.17, 15) is 24.9 Å². The number of carbonyl (C=O) groups excluding carboxylic acids is 2. The Balaban J connectivity index is 1.20. The van der Waals surface area contributed by atoms with Crippen LogP contribution in [-0.2, 0) is 23.8 Å². The fourth-order valence-electron chi connectivity index (χ4n) is 15.0. The van der Waals surface area contributed by atoms with Crippen LogP contribution >= 0.6 is 0 Å². The summed E-state index contributed by atoms with van der Waals surface area (Å²) in [6.45, 7) is 9.61. The van der Waals surface area contributed by atoms with Crippen molar-refractivity contribution in [1.29, 1.82) is 0 Å². The molecule has 9 rings (SSSR count). The summed E-state index contributed by atoms with van der Waals surface area (Å²) >= 11 is 0. The highest BCUT2D eigenvalue weighted by molar-refractivity contribution is 5.87. The van der Waals surface area contributed by atoms with Crippen LogP contribution in [0.4, 0.5) is 0 Å². The summed E-state index contributed by atoms with van der Waals surface area (Å²) in [5.41, 5.74) is 6.99. The number of piperidine rings is 2. The SMILES string of the molecule is CC=C(C)C(=O)O[C@H]1CC2C(O)C3C(=O)CC(CO)OC3C3C4CC5CC(O)CCC5CCC(C[C@H](CC5C[NH2+]C6N[C@H](C)C=CC6C5)[C@]1(C)OC23)C1C(N)NCCC41. The maximum absolute atomic E-state index is 14.3. The molecule has 330 valence electrons. The van der Waals surface area contributed by atoms with E-state index in [0.29, 0.717) is 47.9 Å². The van der Waals surface area contributed by atoms with Crippen molar-refractivity contribution in [3.05, 3.63) is 23.8 Å². The van der Waals surface area contributed by atoms with Gasteiger partial charge in [-0.1, -0.05) is 18.2 Å². The van der Waals surface area contributed by atoms with Crippen LogP contribution in [0.2, 0.25) is 0 Å². The number of aliphatic hydroxyl groups is 3. The van der Waals surface area contributed by atoms with Gasteiger partial charge in [-0.2, -0.15) is 0 Å². The van der Waals surface area contributed by atoms with Crippen LogP contribution in [0.3, 0.4) is 0 Å². The summed E-state index contributed by atoms with van der Waals surface area (Å²) in [5.74, 6) is 0.522. The Hall–Kier alpha value is -1.74. The number of allylic oxidation sites excluding steroid dienone is 1. The maximum atomic E-state index is 14.3. The molecule has 8 fully saturated rings. The molecule has 0 spiro atoms. The molecule has 3 aliphatic carbocycles. The Morgan fingerprint density at radius 1 is 1.00 bits per heavy atom. The standard InChI is InChI=1S/C47H74N4O8/c1-5-23(2)46(56)58-37-20-35-41(55)40-36(54)19-32(22-52)57-43(40)39-34-18-29-17-31(53)11-10-26(29)8-9-27(38-33(34)12-13-49-44(38)48)16-30(47(37,4)59-42(35)39)15-25-14-28-7-6-24(3)51-45(28)50-21-25/h5-7,24-35,37-45,49-53,55H,8-22,48H2,1-4H3/p+1/t24-,25?,26?,27?,28?,29?,30+,31?,32?,33?,34?,35?,37+,38?,39?,40?,41?,42?,43?,44?,45?,47+/m1/s1. The number of aliphatic hydroxyl groups excluding tert-OH is 3. The van der Waals surface area contributed by atoms with Gasteiger partial charge in [0.2, 0.25) is 0 Å². The Morgan fingerprint density at radius 3 is 2.59 bits per heavy atom. The van der Waals surface area contributed by atoms with E-state index in [-0.39, 0.29) is 72.6 Å². The number of quaternary nitrogens is 1. The number of carbonyl (C=O) groups is 2. The van der Waals surface area contributed by atoms with Gasteiger partial charge in [0, 0.05) is 41.7 Å². The van der Waals surface area contributed by atoms with Gasteiger partial charge in [0.1, 0.15) is 23.7 Å². The number of esters is 1. The molecule has 6 aliphatic heterocycles. The Kier molecular flexibility index (Phi) is 12.3. The van der Waals surface area contributed by atoms with E-state index < -0.39 is 48.0 Å². The normalized spacial score (nSPS) is 52.4. The number of ether oxygens (including phenoxy) is 3. The molecule has 0 amide bonds. The van der Waals surface area contributed by atoms with Crippen LogP contribution in [0.1, 0.15) is 105 Å². The largest absolute Gasteiger partial charge is 0.456 e. The number of Topliss-reactive ketones (excluding diaryl/α,β-unsaturated/α-hetero) is 1. The van der Waals surface area contributed by atoms with Gasteiger partial charge in [0.05, 0.1) is 55.8 Å². The van der Waals surface area contributed by atoms with Crippen molar-refractivity contribution in [2.75, 3.05) is 19.7 Å². The molecule has 18 unspecified atom stereocenters. The zero-order valence-corrected chi connectivity index (χ0v) is 36.0. The summed E-state index contributed by atoms with van der Waals surface area (Å²) in [6, 6.07) is 0.357. The molecule has 0 aromatic heterocycles. The molecule has 0 aromatic carbocycles. The van der Waals surface area contributed by atoms with Crippen molar-refractivity contribution in [3.63, 3.8) is 0 Å². The van der Waals surface area contributed by atoms with Gasteiger partial charge < -0.3 is 45.9 Å². The first-order valence-electron chi connectivity index (χ1n) is 23.8. The number of nitrogens with one attached hydrogen (secondary N) is 2. The van der Waals surface area contributed by atoms with Crippen LogP contribution in [-0.4, -0.2) is 107 Å². The number of fused-ring (bicyclic) bond motifs is 6. The van der Waals surface area contributed by atoms with Crippen LogP contribution in [0.15, 0.2) is 23.8 Å². The topological polar surface area (TPSA) is 189 Å². The molecule has 9 aliphatic rings. The lowest BCUT2D eigenvalue weighted by Crippen LogP contribution is -2.98. The molecule has 4 bridgehead atoms. The third-order valence-corrected chi connectivity index (χ3v) is 18.1. The number of hydrogen-bond acceptors (Lipinski definition) is 11. The van der Waals surface area contributed by atoms with Gasteiger partial charge in [-0.25, -0.2) is 4.79 Å². The third kappa shape index (κ3) is 7.85. The number of nitrogens with two attached hydrogens (primary N) is 2. The first-order valence-corrected chi connectivity index (χ1v) is 23.8. The molecule has 22 atom stereocenters. The quantitative estimate of drug-likeness (QED) is 0.123. The molecule has 0 aromatic rings. The van der Waals surface area contributed by atoms with E-state index in [1.54, 1.807) is 13.0 Å². The number of ketones is 1. The van der Waals surface area contributed by atoms with Crippen LogP contribution in [0.5, 0.6) is 0 Å². The minimum absolute atomic E-state index is 0.0252. The van der Waals surface area contributed by atoms with E-state index in [2.05, 4.69) is 41.9 Å². The highest BCUT2D eigenvalue weighted by Crippen LogP contribution is 2.60. The Labute approximate surface area is 351 Å². The summed E-state index contributed by atoms with van der Waals surface area (Å²) in [4.78, 5) is 28.2. The third-order valence-electron chi connectivity index (χ3n) is 18.1. The summed E-state index contributed by atoms with van der Waals surface area (Å²) < 4.78 is 21.4. The van der Waals surface area contributed by atoms with Gasteiger partial charge in [0.15, 0.2) is 0 Å². The van der Waals surface area contributed by atoms with Crippen molar-refractivity contribution in [3.8, 4) is 0 Å².